The second-order valence-electron chi connectivity index (χ2n) is 9.91. The molecule has 0 aromatic carbocycles. The van der Waals surface area contributed by atoms with Gasteiger partial charge >= 0.3 is 0 Å². The summed E-state index contributed by atoms with van der Waals surface area (Å²) >= 11 is 0. The Morgan fingerprint density at radius 2 is 0.583 bits per heavy atom. The van der Waals surface area contributed by atoms with Gasteiger partial charge < -0.3 is 0 Å². The molecule has 0 fully saturated rings. The quantitative estimate of drug-likeness (QED) is 0.252. The molecular weight excluding hydrogens is 432 g/mol. The van der Waals surface area contributed by atoms with E-state index < -0.39 is 0 Å². The lowest BCUT2D eigenvalue weighted by atomic mass is 9.78. The first-order valence-corrected chi connectivity index (χ1v) is 14.5. The van der Waals surface area contributed by atoms with Crippen LogP contribution >= 0.6 is 0 Å². The van der Waals surface area contributed by atoms with Gasteiger partial charge in [0.05, 0.1) is 0 Å². The molecule has 0 bridgehead atoms. The van der Waals surface area contributed by atoms with Gasteiger partial charge in [-0.3, -0.25) is 0 Å². The van der Waals surface area contributed by atoms with Gasteiger partial charge in [0.25, 0.3) is 0 Å². The first kappa shape index (κ1) is 65.2. The van der Waals surface area contributed by atoms with E-state index in [-0.39, 0.29) is 37.1 Å². The molecule has 0 nitrogen and oxygen atoms in total. The lowest BCUT2D eigenvalue weighted by molar-refractivity contribution is 0.240. The molecule has 0 spiro atoms. The molecule has 0 aromatic rings. The minimum atomic E-state index is 0. The molecule has 0 unspecified atom stereocenters. The maximum atomic E-state index is 2.30. The first-order valence-electron chi connectivity index (χ1n) is 14.5. The van der Waals surface area contributed by atoms with Gasteiger partial charge in [0.2, 0.25) is 0 Å². The second-order valence-corrected chi connectivity index (χ2v) is 9.91. The number of hydrogen-bond acceptors (Lipinski definition) is 0. The van der Waals surface area contributed by atoms with Crippen molar-refractivity contribution in [2.45, 2.75) is 218 Å². The molecule has 0 rings (SSSR count). The van der Waals surface area contributed by atoms with Crippen molar-refractivity contribution in [1.82, 2.24) is 0 Å². The van der Waals surface area contributed by atoms with Crippen molar-refractivity contribution in [2.24, 2.45) is 23.2 Å². The van der Waals surface area contributed by atoms with Gasteiger partial charge in [0.15, 0.2) is 0 Å². The smallest absolute Gasteiger partial charge is 0.0308 e. The predicted molar refractivity (Wildman–Crippen MR) is 187 cm³/mol. The Morgan fingerprint density at radius 3 is 0.583 bits per heavy atom. The zero-order valence-corrected chi connectivity index (χ0v) is 25.7. The largest absolute Gasteiger partial charge is 0.0776 e. The summed E-state index contributed by atoms with van der Waals surface area (Å²) < 4.78 is 0. The van der Waals surface area contributed by atoms with Crippen LogP contribution in [-0.2, 0) is 0 Å². The zero-order valence-electron chi connectivity index (χ0n) is 25.7. The molecule has 0 saturated heterocycles. The Morgan fingerprint density at radius 1 is 0.389 bits per heavy atom. The molecule has 0 atom stereocenters. The fourth-order valence-electron chi connectivity index (χ4n) is 2.43. The standard InChI is InChI=1S/C9H20.2C6H14.2C5H12.5CH4/c1-5-9(6-2,7-3)8-4;2*1-4-6(3)5-2;1-4-5(2)3;1-3-5-4-2;;;;;/h5-8H2,1-4H3;2*6H,4-5H2,1-3H3;5H,4H2,1-3H3;3-5H2,1-2H3;5*1H4. The van der Waals surface area contributed by atoms with Crippen molar-refractivity contribution in [2.75, 3.05) is 0 Å². The van der Waals surface area contributed by atoms with Gasteiger partial charge in [-0.15, -0.1) is 0 Å². The van der Waals surface area contributed by atoms with Gasteiger partial charge in [-0.05, 0) is 23.2 Å². The number of rotatable bonds is 11. The van der Waals surface area contributed by atoms with E-state index in [9.17, 15) is 0 Å². The maximum absolute atomic E-state index is 2.30. The highest BCUT2D eigenvalue weighted by Gasteiger charge is 2.20. The van der Waals surface area contributed by atoms with E-state index in [2.05, 4.69) is 104 Å². The van der Waals surface area contributed by atoms with Gasteiger partial charge in [0, 0.05) is 0 Å². The maximum Gasteiger partial charge on any atom is -0.0308 e. The molecule has 236 valence electrons. The van der Waals surface area contributed by atoms with Crippen LogP contribution in [0.25, 0.3) is 0 Å². The number of unbranched alkanes of at least 4 members (excludes halogenated alkanes) is 2. The van der Waals surface area contributed by atoms with E-state index in [1.807, 2.05) is 0 Å². The molecule has 0 aromatic heterocycles. The third kappa shape index (κ3) is 64.3. The van der Waals surface area contributed by atoms with Crippen molar-refractivity contribution in [3.63, 3.8) is 0 Å². The number of hydrogen-bond donors (Lipinski definition) is 0. The summed E-state index contributed by atoms with van der Waals surface area (Å²) in [4.78, 5) is 0. The van der Waals surface area contributed by atoms with Crippen LogP contribution in [0.2, 0.25) is 0 Å². The van der Waals surface area contributed by atoms with E-state index in [0.717, 1.165) is 17.8 Å². The SMILES string of the molecule is C.C.C.C.C.CCC(C)C.CCC(C)CC.CCC(C)CC.CCC(CC)(CC)CC.CCCCC. The molecule has 0 amide bonds. The highest BCUT2D eigenvalue weighted by Crippen LogP contribution is 2.33. The summed E-state index contributed by atoms with van der Waals surface area (Å²) in [6.07, 6.45) is 16.1. The molecule has 0 radical (unpaired) electrons. The van der Waals surface area contributed by atoms with E-state index in [1.54, 1.807) is 0 Å². The Balaban J connectivity index is -0.0000000289. The van der Waals surface area contributed by atoms with Crippen LogP contribution in [-0.4, -0.2) is 0 Å². The third-order valence-corrected chi connectivity index (χ3v) is 7.31. The lowest BCUT2D eigenvalue weighted by Crippen LogP contribution is -2.15. The molecular formula is C36H92. The highest BCUT2D eigenvalue weighted by atomic mass is 14.3. The fraction of sp³-hybridized carbons (Fsp3) is 1.00. The van der Waals surface area contributed by atoms with Crippen LogP contribution in [0.3, 0.4) is 0 Å². The van der Waals surface area contributed by atoms with Crippen LogP contribution in [0.4, 0.5) is 0 Å². The van der Waals surface area contributed by atoms with E-state index in [4.69, 9.17) is 0 Å². The molecule has 0 N–H and O–H groups in total. The Kier molecular flexibility index (Phi) is 101. The summed E-state index contributed by atoms with van der Waals surface area (Å²) in [5.74, 6) is 2.75. The lowest BCUT2D eigenvalue weighted by Gasteiger charge is -2.28. The molecule has 36 heavy (non-hydrogen) atoms. The molecule has 0 aliphatic carbocycles. The predicted octanol–water partition coefficient (Wildman–Crippen LogP) is 15.9. The van der Waals surface area contributed by atoms with Crippen LogP contribution in [0, 0.1) is 23.2 Å². The van der Waals surface area contributed by atoms with E-state index >= 15 is 0 Å². The monoisotopic (exact) mass is 525 g/mol. The van der Waals surface area contributed by atoms with Crippen molar-refractivity contribution in [3.05, 3.63) is 0 Å². The Bertz CT molecular complexity index is 211. The Labute approximate surface area is 241 Å². The van der Waals surface area contributed by atoms with Crippen LogP contribution in [0.5, 0.6) is 0 Å². The minimum Gasteiger partial charge on any atom is -0.0776 e. The second kappa shape index (κ2) is 55.5. The molecule has 0 aliphatic heterocycles. The molecule has 0 heteroatoms. The summed E-state index contributed by atoms with van der Waals surface area (Å²) in [5.41, 5.74) is 0.667. The summed E-state index contributed by atoms with van der Waals surface area (Å²) in [6, 6.07) is 0. The molecule has 0 heterocycles. The van der Waals surface area contributed by atoms with Crippen LogP contribution < -0.4 is 0 Å². The minimum absolute atomic E-state index is 0. The van der Waals surface area contributed by atoms with Crippen molar-refractivity contribution in [3.8, 4) is 0 Å². The van der Waals surface area contributed by atoms with Crippen LogP contribution in [0.15, 0.2) is 0 Å². The summed E-state index contributed by atoms with van der Waals surface area (Å²) in [7, 11) is 0. The summed E-state index contributed by atoms with van der Waals surface area (Å²) in [5, 5.41) is 0. The topological polar surface area (TPSA) is 0 Å². The fourth-order valence-corrected chi connectivity index (χ4v) is 2.43. The average molecular weight is 525 g/mol. The van der Waals surface area contributed by atoms with E-state index in [0.29, 0.717) is 5.41 Å². The third-order valence-electron chi connectivity index (χ3n) is 7.31. The van der Waals surface area contributed by atoms with Gasteiger partial charge in [-0.2, -0.15) is 0 Å². The zero-order chi connectivity index (χ0) is 25.7. The van der Waals surface area contributed by atoms with Crippen molar-refractivity contribution in [1.29, 1.82) is 0 Å². The van der Waals surface area contributed by atoms with Gasteiger partial charge in [-0.25, -0.2) is 0 Å². The highest BCUT2D eigenvalue weighted by molar-refractivity contribution is 4.72. The molecule has 0 saturated carbocycles. The summed E-state index contributed by atoms with van der Waals surface area (Å²) in [6.45, 7) is 33.8. The average Bonchev–Trinajstić information content (AvgIpc) is 2.81. The van der Waals surface area contributed by atoms with Crippen molar-refractivity contribution < 1.29 is 0 Å². The normalized spacial score (nSPS) is 8.83. The first-order chi connectivity index (χ1) is 14.5. The Hall–Kier alpha value is 0. The van der Waals surface area contributed by atoms with E-state index in [1.165, 1.54) is 77.0 Å². The molecule has 0 aliphatic rings. The van der Waals surface area contributed by atoms with Crippen LogP contribution in [0.1, 0.15) is 218 Å². The van der Waals surface area contributed by atoms with Crippen molar-refractivity contribution >= 4 is 0 Å². The van der Waals surface area contributed by atoms with Gasteiger partial charge in [-0.1, -0.05) is 218 Å². The van der Waals surface area contributed by atoms with Gasteiger partial charge in [0.1, 0.15) is 0 Å².